The van der Waals surface area contributed by atoms with Gasteiger partial charge in [0.1, 0.15) is 11.3 Å². The van der Waals surface area contributed by atoms with Crippen molar-refractivity contribution in [2.75, 3.05) is 13.1 Å². The molecule has 2 aliphatic rings. The molecule has 2 saturated carbocycles. The van der Waals surface area contributed by atoms with Gasteiger partial charge in [-0.25, -0.2) is 8.78 Å². The zero-order valence-electron chi connectivity index (χ0n) is 20.6. The number of alkyl halides is 2. The molecule has 1 atom stereocenters. The van der Waals surface area contributed by atoms with Gasteiger partial charge in [-0.3, -0.25) is 0 Å². The molecular weight excluding hydrogens is 412 g/mol. The van der Waals surface area contributed by atoms with Gasteiger partial charge in [-0.1, -0.05) is 55.5 Å². The number of hydrogen-bond donors (Lipinski definition) is 0. The Morgan fingerprint density at radius 2 is 1.33 bits per heavy atom. The highest BCUT2D eigenvalue weighted by Crippen LogP contribution is 2.49. The first-order valence-corrected chi connectivity index (χ1v) is 13.2. The van der Waals surface area contributed by atoms with Crippen molar-refractivity contribution in [1.29, 1.82) is 0 Å². The van der Waals surface area contributed by atoms with E-state index in [1.54, 1.807) is 0 Å². The third kappa shape index (κ3) is 5.50. The monoisotopic (exact) mass is 453 g/mol. The van der Waals surface area contributed by atoms with Crippen LogP contribution in [0.3, 0.4) is 0 Å². The maximum atomic E-state index is 16.0. The third-order valence-corrected chi connectivity index (χ3v) is 8.31. The lowest BCUT2D eigenvalue weighted by atomic mass is 9.80. The number of hydrogen-bond acceptors (Lipinski definition) is 1. The molecule has 0 spiro atoms. The van der Waals surface area contributed by atoms with Gasteiger partial charge in [0.25, 0.3) is 0 Å². The van der Waals surface area contributed by atoms with Gasteiger partial charge in [-0.2, -0.15) is 0 Å². The van der Waals surface area contributed by atoms with Crippen LogP contribution in [0.5, 0.6) is 0 Å². The first-order valence-electron chi connectivity index (χ1n) is 13.2. The molecule has 0 N–H and O–H groups in total. The summed E-state index contributed by atoms with van der Waals surface area (Å²) in [5.41, 5.74) is 1.37. The van der Waals surface area contributed by atoms with Crippen LogP contribution in [0.25, 0.3) is 0 Å². The van der Waals surface area contributed by atoms with E-state index in [9.17, 15) is 0 Å². The second-order valence-electron chi connectivity index (χ2n) is 10.4. The van der Waals surface area contributed by atoms with E-state index in [4.69, 9.17) is 0 Å². The average Bonchev–Trinajstić information content (AvgIpc) is 3.48. The summed E-state index contributed by atoms with van der Waals surface area (Å²) in [7, 11) is 0. The summed E-state index contributed by atoms with van der Waals surface area (Å²) >= 11 is 0. The molecule has 4 rings (SSSR count). The molecule has 1 unspecified atom stereocenters. The molecule has 0 amide bonds. The molecule has 0 saturated heterocycles. The minimum absolute atomic E-state index is 0.373. The zero-order valence-corrected chi connectivity index (χ0v) is 20.6. The van der Waals surface area contributed by atoms with E-state index in [0.717, 1.165) is 74.7 Å². The van der Waals surface area contributed by atoms with Gasteiger partial charge in [0.15, 0.2) is 0 Å². The molecule has 1 nitrogen and oxygen atoms in total. The van der Waals surface area contributed by atoms with E-state index in [0.29, 0.717) is 31.7 Å². The van der Waals surface area contributed by atoms with E-state index in [1.807, 2.05) is 18.2 Å². The maximum absolute atomic E-state index is 16.0. The Morgan fingerprint density at radius 1 is 0.788 bits per heavy atom. The van der Waals surface area contributed by atoms with Crippen molar-refractivity contribution in [3.8, 4) is 0 Å². The first-order chi connectivity index (χ1) is 16.0. The summed E-state index contributed by atoms with van der Waals surface area (Å²) in [6.07, 6.45) is 8.76. The van der Waals surface area contributed by atoms with Crippen LogP contribution in [0.1, 0.15) is 93.9 Å². The summed E-state index contributed by atoms with van der Waals surface area (Å²) in [6.45, 7) is 6.49. The second kappa shape index (κ2) is 10.7. The van der Waals surface area contributed by atoms with Crippen molar-refractivity contribution >= 4 is 0 Å². The summed E-state index contributed by atoms with van der Waals surface area (Å²) in [6, 6.07) is 16.8. The van der Waals surface area contributed by atoms with Crippen molar-refractivity contribution < 1.29 is 8.78 Å². The van der Waals surface area contributed by atoms with Crippen LogP contribution < -0.4 is 0 Å². The quantitative estimate of drug-likeness (QED) is 0.352. The van der Waals surface area contributed by atoms with Gasteiger partial charge in [0.05, 0.1) is 0 Å². The number of benzene rings is 2. The van der Waals surface area contributed by atoms with Crippen LogP contribution in [0.4, 0.5) is 8.78 Å². The molecule has 0 aliphatic heterocycles. The maximum Gasteiger partial charge on any atom is 0.136 e. The predicted octanol–water partition coefficient (Wildman–Crippen LogP) is 8.05. The second-order valence-corrected chi connectivity index (χ2v) is 10.4. The smallest absolute Gasteiger partial charge is 0.136 e. The van der Waals surface area contributed by atoms with E-state index >= 15 is 8.78 Å². The van der Waals surface area contributed by atoms with Crippen LogP contribution in [0.2, 0.25) is 0 Å². The molecule has 0 bridgehead atoms. The fourth-order valence-electron chi connectivity index (χ4n) is 6.25. The van der Waals surface area contributed by atoms with Crippen molar-refractivity contribution in [3.05, 3.63) is 70.8 Å². The molecule has 2 aromatic carbocycles. The highest BCUT2D eigenvalue weighted by molar-refractivity contribution is 5.43. The van der Waals surface area contributed by atoms with Crippen molar-refractivity contribution in [3.63, 3.8) is 0 Å². The number of likely N-dealkylation sites (N-methyl/N-ethyl adjacent to an activating group) is 1. The number of halogens is 2. The summed E-state index contributed by atoms with van der Waals surface area (Å²) in [4.78, 5) is 2.51. The van der Waals surface area contributed by atoms with Crippen LogP contribution in [0.15, 0.2) is 48.5 Å². The van der Waals surface area contributed by atoms with E-state index in [2.05, 4.69) is 49.1 Å². The lowest BCUT2D eigenvalue weighted by molar-refractivity contribution is 0.161. The van der Waals surface area contributed by atoms with Gasteiger partial charge in [-0.15, -0.1) is 0 Å². The van der Waals surface area contributed by atoms with E-state index < -0.39 is 11.3 Å². The molecule has 180 valence electrons. The third-order valence-electron chi connectivity index (χ3n) is 8.31. The van der Waals surface area contributed by atoms with Gasteiger partial charge in [0.2, 0.25) is 0 Å². The normalized spacial score (nSPS) is 20.4. The van der Waals surface area contributed by atoms with Crippen LogP contribution in [0, 0.1) is 0 Å². The van der Waals surface area contributed by atoms with Crippen LogP contribution in [-0.4, -0.2) is 24.0 Å². The topological polar surface area (TPSA) is 3.24 Å². The molecule has 3 heteroatoms. The molecule has 0 radical (unpaired) electrons. The standard InChI is InChI=1S/C30H41F2N/c1-3-33(23-18-25-12-5-4-6-13-25)24(2)16-17-26-27(29(31)19-7-8-20-29)14-11-15-28(26)30(32)21-9-10-22-30/h4-6,11-15,24H,3,7-10,16-23H2,1-2H3. The fraction of sp³-hybridized carbons (Fsp3) is 0.600. The van der Waals surface area contributed by atoms with Gasteiger partial charge < -0.3 is 4.90 Å². The highest BCUT2D eigenvalue weighted by atomic mass is 19.1. The summed E-state index contributed by atoms with van der Waals surface area (Å²) < 4.78 is 32.0. The van der Waals surface area contributed by atoms with E-state index in [-0.39, 0.29) is 0 Å². The fourth-order valence-corrected chi connectivity index (χ4v) is 6.25. The minimum Gasteiger partial charge on any atom is -0.301 e. The molecule has 2 fully saturated rings. The SMILES string of the molecule is CCN(CCc1ccccc1)C(C)CCc1c(C2(F)CCCC2)cccc1C1(F)CCCC1. The zero-order chi connectivity index (χ0) is 23.3. The Morgan fingerprint density at radius 3 is 1.85 bits per heavy atom. The predicted molar refractivity (Wildman–Crippen MR) is 134 cm³/mol. The Labute approximate surface area is 199 Å². The largest absolute Gasteiger partial charge is 0.301 e. The van der Waals surface area contributed by atoms with Crippen molar-refractivity contribution in [2.45, 2.75) is 102 Å². The minimum atomic E-state index is -1.28. The molecule has 33 heavy (non-hydrogen) atoms. The molecular formula is C30H41F2N. The van der Waals surface area contributed by atoms with Gasteiger partial charge >= 0.3 is 0 Å². The van der Waals surface area contributed by atoms with Gasteiger partial charge in [0, 0.05) is 12.6 Å². The summed E-state index contributed by atoms with van der Waals surface area (Å²) in [5.74, 6) is 0. The molecule has 2 aliphatic carbocycles. The lowest BCUT2D eigenvalue weighted by Gasteiger charge is -2.32. The molecule has 2 aromatic rings. The lowest BCUT2D eigenvalue weighted by Crippen LogP contribution is -2.35. The average molecular weight is 454 g/mol. The molecule has 0 heterocycles. The highest BCUT2D eigenvalue weighted by Gasteiger charge is 2.42. The Bertz CT molecular complexity index is 841. The Balaban J connectivity index is 1.53. The Kier molecular flexibility index (Phi) is 7.89. The van der Waals surface area contributed by atoms with Crippen molar-refractivity contribution in [1.82, 2.24) is 4.90 Å². The molecule has 0 aromatic heterocycles. The first kappa shape index (κ1) is 24.4. The van der Waals surface area contributed by atoms with Crippen molar-refractivity contribution in [2.24, 2.45) is 0 Å². The summed E-state index contributed by atoms with van der Waals surface area (Å²) in [5, 5.41) is 0. The van der Waals surface area contributed by atoms with Gasteiger partial charge in [-0.05, 0) is 106 Å². The van der Waals surface area contributed by atoms with Crippen LogP contribution in [-0.2, 0) is 24.2 Å². The van der Waals surface area contributed by atoms with Crippen LogP contribution >= 0.6 is 0 Å². The van der Waals surface area contributed by atoms with E-state index in [1.165, 1.54) is 5.56 Å². The Hall–Kier alpha value is -1.74. The number of rotatable bonds is 10. The number of nitrogens with zero attached hydrogens (tertiary/aromatic N) is 1.